The van der Waals surface area contributed by atoms with Gasteiger partial charge in [-0.2, -0.15) is 4.72 Å². The second kappa shape index (κ2) is 9.19. The summed E-state index contributed by atoms with van der Waals surface area (Å²) in [5.41, 5.74) is 0. The number of hydrogen-bond acceptors (Lipinski definition) is 5. The van der Waals surface area contributed by atoms with Crippen molar-refractivity contribution in [3.63, 3.8) is 0 Å². The number of rotatable bonds is 8. The Hall–Kier alpha value is -1.61. The molecule has 9 heteroatoms. The van der Waals surface area contributed by atoms with Crippen LogP contribution in [0.15, 0.2) is 58.3 Å². The van der Waals surface area contributed by atoms with Crippen molar-refractivity contribution in [2.75, 3.05) is 18.9 Å². The van der Waals surface area contributed by atoms with Crippen LogP contribution < -0.4 is 4.72 Å². The number of hydrogen-bond donors (Lipinski definition) is 1. The number of esters is 1. The molecule has 0 radical (unpaired) electrons. The van der Waals surface area contributed by atoms with Gasteiger partial charge in [-0.05, 0) is 48.5 Å². The van der Waals surface area contributed by atoms with Gasteiger partial charge in [-0.25, -0.2) is 12.8 Å². The first-order chi connectivity index (χ1) is 11.9. The Morgan fingerprint density at radius 2 is 1.76 bits per heavy atom. The van der Waals surface area contributed by atoms with Crippen molar-refractivity contribution >= 4 is 39.4 Å². The van der Waals surface area contributed by atoms with Crippen LogP contribution >= 0.6 is 23.4 Å². The summed E-state index contributed by atoms with van der Waals surface area (Å²) >= 11 is 7.27. The van der Waals surface area contributed by atoms with E-state index < -0.39 is 28.4 Å². The lowest BCUT2D eigenvalue weighted by Crippen LogP contribution is -2.31. The first kappa shape index (κ1) is 19.7. The van der Waals surface area contributed by atoms with Crippen LogP contribution in [-0.2, 0) is 19.6 Å². The number of ether oxygens (including phenoxy) is 1. The second-order valence-electron chi connectivity index (χ2n) is 4.80. The molecule has 0 saturated heterocycles. The minimum atomic E-state index is -3.88. The number of benzene rings is 2. The van der Waals surface area contributed by atoms with Gasteiger partial charge in [-0.1, -0.05) is 11.6 Å². The summed E-state index contributed by atoms with van der Waals surface area (Å²) in [6.07, 6.45) is 0. The highest BCUT2D eigenvalue weighted by Gasteiger charge is 2.16. The molecule has 0 aliphatic rings. The van der Waals surface area contributed by atoms with Crippen molar-refractivity contribution in [1.29, 1.82) is 0 Å². The van der Waals surface area contributed by atoms with Gasteiger partial charge in [0.25, 0.3) is 0 Å². The van der Waals surface area contributed by atoms with E-state index >= 15 is 0 Å². The third-order valence-corrected chi connectivity index (χ3v) is 5.60. The summed E-state index contributed by atoms with van der Waals surface area (Å²) in [6.45, 7) is -0.351. The number of thioether (sulfide) groups is 1. The maximum atomic E-state index is 12.8. The molecule has 0 aromatic heterocycles. The van der Waals surface area contributed by atoms with E-state index in [9.17, 15) is 17.6 Å². The number of carbonyl (C=O) groups is 1. The molecule has 0 bridgehead atoms. The van der Waals surface area contributed by atoms with Crippen LogP contribution in [0.1, 0.15) is 0 Å². The Balaban J connectivity index is 1.71. The Bertz CT molecular complexity index is 811. The van der Waals surface area contributed by atoms with Gasteiger partial charge in [0.2, 0.25) is 10.0 Å². The van der Waals surface area contributed by atoms with Crippen molar-refractivity contribution in [1.82, 2.24) is 4.72 Å². The zero-order chi connectivity index (χ0) is 18.3. The van der Waals surface area contributed by atoms with Gasteiger partial charge in [-0.3, -0.25) is 4.79 Å². The van der Waals surface area contributed by atoms with Crippen LogP contribution in [0.3, 0.4) is 0 Å². The van der Waals surface area contributed by atoms with Crippen molar-refractivity contribution in [3.05, 3.63) is 59.4 Å². The maximum Gasteiger partial charge on any atom is 0.321 e. The molecule has 0 unspecified atom stereocenters. The number of carbonyl (C=O) groups excluding carboxylic acids is 1. The lowest BCUT2D eigenvalue weighted by atomic mass is 10.4. The van der Waals surface area contributed by atoms with Crippen molar-refractivity contribution in [2.24, 2.45) is 0 Å². The Morgan fingerprint density at radius 1 is 1.12 bits per heavy atom. The van der Waals surface area contributed by atoms with Gasteiger partial charge in [0, 0.05) is 15.7 Å². The normalized spacial score (nSPS) is 11.3. The molecule has 0 fully saturated rings. The van der Waals surface area contributed by atoms with Gasteiger partial charge in [0.05, 0.1) is 4.90 Å². The summed E-state index contributed by atoms with van der Waals surface area (Å²) in [6, 6.07) is 11.5. The molecule has 2 rings (SSSR count). The van der Waals surface area contributed by atoms with Gasteiger partial charge < -0.3 is 4.74 Å². The largest absolute Gasteiger partial charge is 0.464 e. The third-order valence-electron chi connectivity index (χ3n) is 2.96. The highest BCUT2D eigenvalue weighted by atomic mass is 35.5. The van der Waals surface area contributed by atoms with Crippen molar-refractivity contribution < 1.29 is 22.3 Å². The van der Waals surface area contributed by atoms with Crippen LogP contribution in [0.5, 0.6) is 0 Å². The van der Waals surface area contributed by atoms with Gasteiger partial charge in [0.15, 0.2) is 0 Å². The molecular formula is C16H15ClFNO4S2. The number of nitrogens with one attached hydrogen (secondary N) is 1. The average molecular weight is 404 g/mol. The smallest absolute Gasteiger partial charge is 0.321 e. The molecule has 0 saturated carbocycles. The summed E-state index contributed by atoms with van der Waals surface area (Å²) in [7, 11) is -3.88. The standard InChI is InChI=1S/C16H15ClFNO4S2/c17-12-1-5-14(6-2-12)24-10-9-23-16(20)11-19-25(21,22)15-7-3-13(18)4-8-15/h1-8,19H,9-11H2. The van der Waals surface area contributed by atoms with E-state index in [1.54, 1.807) is 12.1 Å². The molecule has 5 nitrogen and oxygen atoms in total. The Labute approximate surface area is 154 Å². The van der Waals surface area contributed by atoms with E-state index in [0.717, 1.165) is 29.2 Å². The second-order valence-corrected chi connectivity index (χ2v) is 8.17. The van der Waals surface area contributed by atoms with E-state index in [1.807, 2.05) is 12.1 Å². The van der Waals surface area contributed by atoms with E-state index in [4.69, 9.17) is 16.3 Å². The predicted molar refractivity (Wildman–Crippen MR) is 94.7 cm³/mol. The minimum Gasteiger partial charge on any atom is -0.464 e. The lowest BCUT2D eigenvalue weighted by Gasteiger charge is -2.07. The first-order valence-electron chi connectivity index (χ1n) is 7.16. The molecule has 2 aromatic carbocycles. The molecule has 0 aliphatic heterocycles. The van der Waals surface area contributed by atoms with E-state index in [1.165, 1.54) is 11.8 Å². The van der Waals surface area contributed by atoms with Gasteiger partial charge in [-0.15, -0.1) is 11.8 Å². The molecule has 0 aliphatic carbocycles. The highest BCUT2D eigenvalue weighted by molar-refractivity contribution is 7.99. The molecule has 0 atom stereocenters. The van der Waals surface area contributed by atoms with Crippen LogP contribution in [0.4, 0.5) is 4.39 Å². The van der Waals surface area contributed by atoms with Gasteiger partial charge in [0.1, 0.15) is 19.0 Å². The van der Waals surface area contributed by atoms with Crippen LogP contribution in [0.2, 0.25) is 5.02 Å². The average Bonchev–Trinajstić information content (AvgIpc) is 2.59. The zero-order valence-electron chi connectivity index (χ0n) is 12.9. The maximum absolute atomic E-state index is 12.8. The van der Waals surface area contributed by atoms with E-state index in [0.29, 0.717) is 10.8 Å². The quantitative estimate of drug-likeness (QED) is 0.416. The van der Waals surface area contributed by atoms with E-state index in [-0.39, 0.29) is 11.5 Å². The first-order valence-corrected chi connectivity index (χ1v) is 10.0. The fourth-order valence-electron chi connectivity index (χ4n) is 1.75. The molecule has 0 spiro atoms. The summed E-state index contributed by atoms with van der Waals surface area (Å²) < 4.78 is 43.8. The number of sulfonamides is 1. The summed E-state index contributed by atoms with van der Waals surface area (Å²) in [5, 5.41) is 0.643. The molecule has 1 N–H and O–H groups in total. The Kier molecular flexibility index (Phi) is 7.24. The molecule has 2 aromatic rings. The fraction of sp³-hybridized carbons (Fsp3) is 0.188. The summed E-state index contributed by atoms with van der Waals surface area (Å²) in [5.74, 6) is -0.711. The lowest BCUT2D eigenvalue weighted by molar-refractivity contribution is -0.141. The topological polar surface area (TPSA) is 72.5 Å². The monoisotopic (exact) mass is 403 g/mol. The Morgan fingerprint density at radius 3 is 2.40 bits per heavy atom. The number of halogens is 2. The van der Waals surface area contributed by atoms with Crippen LogP contribution in [0, 0.1) is 5.82 Å². The minimum absolute atomic E-state index is 0.125. The van der Waals surface area contributed by atoms with Crippen LogP contribution in [0.25, 0.3) is 0 Å². The zero-order valence-corrected chi connectivity index (χ0v) is 15.3. The summed E-state index contributed by atoms with van der Waals surface area (Å²) in [4.78, 5) is 12.5. The van der Waals surface area contributed by atoms with Gasteiger partial charge >= 0.3 is 5.97 Å². The van der Waals surface area contributed by atoms with Crippen molar-refractivity contribution in [3.8, 4) is 0 Å². The molecule has 0 amide bonds. The molecule has 25 heavy (non-hydrogen) atoms. The SMILES string of the molecule is O=C(CNS(=O)(=O)c1ccc(F)cc1)OCCSc1ccc(Cl)cc1. The van der Waals surface area contributed by atoms with Crippen LogP contribution in [-0.4, -0.2) is 33.3 Å². The highest BCUT2D eigenvalue weighted by Crippen LogP contribution is 2.19. The molecule has 134 valence electrons. The molecule has 0 heterocycles. The predicted octanol–water partition coefficient (Wildman–Crippen LogP) is 3.09. The van der Waals surface area contributed by atoms with Crippen molar-refractivity contribution in [2.45, 2.75) is 9.79 Å². The molecular weight excluding hydrogens is 389 g/mol. The van der Waals surface area contributed by atoms with E-state index in [2.05, 4.69) is 4.72 Å². The fourth-order valence-corrected chi connectivity index (χ4v) is 3.57. The third kappa shape index (κ3) is 6.66.